The lowest BCUT2D eigenvalue weighted by Gasteiger charge is -2.35. The van der Waals surface area contributed by atoms with Crippen molar-refractivity contribution in [3.63, 3.8) is 0 Å². The van der Waals surface area contributed by atoms with E-state index in [0.29, 0.717) is 11.8 Å². The first-order valence-corrected chi connectivity index (χ1v) is 11.3. The fourth-order valence-corrected chi connectivity index (χ4v) is 4.44. The van der Waals surface area contributed by atoms with E-state index in [1.165, 1.54) is 5.56 Å². The minimum Gasteiger partial charge on any atom is -0.457 e. The van der Waals surface area contributed by atoms with Crippen LogP contribution in [0.25, 0.3) is 11.3 Å². The monoisotopic (exact) mass is 419 g/mol. The summed E-state index contributed by atoms with van der Waals surface area (Å²) in [5.74, 6) is 2.40. The first-order valence-electron chi connectivity index (χ1n) is 11.3. The van der Waals surface area contributed by atoms with Crippen LogP contribution >= 0.6 is 0 Å². The molecule has 3 aromatic rings. The maximum Gasteiger partial charge on any atom is 0.127 e. The highest BCUT2D eigenvalue weighted by atomic mass is 16.5. The molecule has 1 fully saturated rings. The molecule has 2 heterocycles. The predicted octanol–water partition coefficient (Wildman–Crippen LogP) is 5.11. The van der Waals surface area contributed by atoms with Crippen molar-refractivity contribution < 1.29 is 9.84 Å². The van der Waals surface area contributed by atoms with E-state index in [1.807, 2.05) is 54.2 Å². The predicted molar refractivity (Wildman–Crippen MR) is 124 cm³/mol. The number of hydrogen-bond acceptors (Lipinski definition) is 4. The molecule has 1 N–H and O–H groups in total. The molecule has 0 saturated carbocycles. The van der Waals surface area contributed by atoms with Gasteiger partial charge in [0, 0.05) is 30.9 Å². The molecule has 0 aliphatic carbocycles. The number of hydrogen-bond donors (Lipinski definition) is 1. The van der Waals surface area contributed by atoms with Crippen LogP contribution in [-0.2, 0) is 13.6 Å². The second-order valence-electron chi connectivity index (χ2n) is 8.96. The molecule has 1 aliphatic rings. The zero-order chi connectivity index (χ0) is 21.8. The molecular weight excluding hydrogens is 386 g/mol. The molecule has 2 aromatic carbocycles. The van der Waals surface area contributed by atoms with Crippen molar-refractivity contribution in [1.29, 1.82) is 0 Å². The number of ether oxygens (including phenoxy) is 1. The third-order valence-corrected chi connectivity index (χ3v) is 6.20. The van der Waals surface area contributed by atoms with E-state index < -0.39 is 0 Å². The summed E-state index contributed by atoms with van der Waals surface area (Å²) in [7, 11) is 1.98. The Hall–Kier alpha value is -2.63. The average molecular weight is 420 g/mol. The molecule has 0 amide bonds. The summed E-state index contributed by atoms with van der Waals surface area (Å²) in [6.07, 6.45) is 4.05. The van der Waals surface area contributed by atoms with E-state index >= 15 is 0 Å². The van der Waals surface area contributed by atoms with Crippen LogP contribution in [0, 0.1) is 11.8 Å². The van der Waals surface area contributed by atoms with Gasteiger partial charge < -0.3 is 9.84 Å². The van der Waals surface area contributed by atoms with E-state index in [-0.39, 0.29) is 6.10 Å². The second kappa shape index (κ2) is 9.67. The Morgan fingerprint density at radius 2 is 1.65 bits per heavy atom. The fraction of sp³-hybridized carbons (Fsp3) is 0.423. The van der Waals surface area contributed by atoms with Gasteiger partial charge in [-0.25, -0.2) is 0 Å². The Kier molecular flexibility index (Phi) is 6.73. The first kappa shape index (κ1) is 21.6. The number of aryl methyl sites for hydroxylation is 1. The summed E-state index contributed by atoms with van der Waals surface area (Å²) in [5.41, 5.74) is 3.36. The zero-order valence-electron chi connectivity index (χ0n) is 18.7. The lowest BCUT2D eigenvalue weighted by atomic mass is 9.85. The topological polar surface area (TPSA) is 50.5 Å². The summed E-state index contributed by atoms with van der Waals surface area (Å²) in [6.45, 7) is 7.14. The molecule has 0 unspecified atom stereocenters. The number of benzene rings is 2. The minimum absolute atomic E-state index is 0.187. The van der Waals surface area contributed by atoms with Crippen molar-refractivity contribution in [3.8, 4) is 22.8 Å². The molecule has 31 heavy (non-hydrogen) atoms. The molecule has 1 aliphatic heterocycles. The molecule has 0 spiro atoms. The van der Waals surface area contributed by atoms with Crippen molar-refractivity contribution >= 4 is 0 Å². The largest absolute Gasteiger partial charge is 0.457 e. The quantitative estimate of drug-likeness (QED) is 0.578. The Balaban J connectivity index is 1.42. The number of aliphatic hydroxyl groups is 1. The van der Waals surface area contributed by atoms with Gasteiger partial charge in [0.2, 0.25) is 0 Å². The molecule has 0 bridgehead atoms. The lowest BCUT2D eigenvalue weighted by molar-refractivity contribution is 0.0270. The molecular formula is C26H33N3O2. The zero-order valence-corrected chi connectivity index (χ0v) is 18.7. The van der Waals surface area contributed by atoms with Gasteiger partial charge in [0.05, 0.1) is 11.8 Å². The standard InChI is InChI=1S/C26H33N3O2/c1-19(2)26(30)21-13-15-29(16-14-21)18-22-17-28(3)27-25(22)20-9-11-24(12-10-20)31-23-7-5-4-6-8-23/h4-12,17,19,21,26,30H,13-16,18H2,1-3H3/t26-/m0/s1. The summed E-state index contributed by atoms with van der Waals surface area (Å²) in [5, 5.41) is 15.1. The van der Waals surface area contributed by atoms with Crippen molar-refractivity contribution in [3.05, 3.63) is 66.4 Å². The van der Waals surface area contributed by atoms with Gasteiger partial charge in [-0.3, -0.25) is 9.58 Å². The first-order chi connectivity index (χ1) is 15.0. The number of nitrogens with zero attached hydrogens (tertiary/aromatic N) is 3. The second-order valence-corrected chi connectivity index (χ2v) is 8.96. The van der Waals surface area contributed by atoms with Crippen LogP contribution in [-0.4, -0.2) is 39.0 Å². The Morgan fingerprint density at radius 1 is 1.00 bits per heavy atom. The van der Waals surface area contributed by atoms with Crippen LogP contribution in [0.2, 0.25) is 0 Å². The molecule has 164 valence electrons. The van der Waals surface area contributed by atoms with Gasteiger partial charge in [0.25, 0.3) is 0 Å². The lowest BCUT2D eigenvalue weighted by Crippen LogP contribution is -2.39. The highest BCUT2D eigenvalue weighted by molar-refractivity contribution is 5.63. The van der Waals surface area contributed by atoms with Crippen LogP contribution < -0.4 is 4.74 Å². The van der Waals surface area contributed by atoms with Crippen molar-refractivity contribution in [1.82, 2.24) is 14.7 Å². The number of likely N-dealkylation sites (tertiary alicyclic amines) is 1. The maximum atomic E-state index is 10.4. The highest BCUT2D eigenvalue weighted by Gasteiger charge is 2.27. The van der Waals surface area contributed by atoms with E-state index in [0.717, 1.165) is 55.2 Å². The van der Waals surface area contributed by atoms with Crippen LogP contribution in [0.15, 0.2) is 60.8 Å². The van der Waals surface area contributed by atoms with Crippen molar-refractivity contribution in [2.24, 2.45) is 18.9 Å². The van der Waals surface area contributed by atoms with Gasteiger partial charge in [-0.1, -0.05) is 32.0 Å². The number of aromatic nitrogens is 2. The van der Waals surface area contributed by atoms with Crippen LogP contribution in [0.5, 0.6) is 11.5 Å². The van der Waals surface area contributed by atoms with Crippen molar-refractivity contribution in [2.45, 2.75) is 39.3 Å². The Bertz CT molecular complexity index is 958. The Morgan fingerprint density at radius 3 is 2.29 bits per heavy atom. The fourth-order valence-electron chi connectivity index (χ4n) is 4.44. The molecule has 1 saturated heterocycles. The van der Waals surface area contributed by atoms with Crippen LogP contribution in [0.4, 0.5) is 0 Å². The Labute approximate surface area is 185 Å². The highest BCUT2D eigenvalue weighted by Crippen LogP contribution is 2.30. The van der Waals surface area contributed by atoms with Crippen LogP contribution in [0.1, 0.15) is 32.3 Å². The molecule has 0 radical (unpaired) electrons. The summed E-state index contributed by atoms with van der Waals surface area (Å²) < 4.78 is 7.82. The van der Waals surface area contributed by atoms with Gasteiger partial charge in [0.1, 0.15) is 11.5 Å². The average Bonchev–Trinajstić information content (AvgIpc) is 3.15. The maximum absolute atomic E-state index is 10.4. The molecule has 1 atom stereocenters. The molecule has 5 nitrogen and oxygen atoms in total. The van der Waals surface area contributed by atoms with E-state index in [1.54, 1.807) is 0 Å². The third-order valence-electron chi connectivity index (χ3n) is 6.20. The number of rotatable bonds is 7. The molecule has 1 aromatic heterocycles. The number of para-hydroxylation sites is 1. The van der Waals surface area contributed by atoms with Gasteiger partial charge in [-0.15, -0.1) is 0 Å². The number of piperidine rings is 1. The smallest absolute Gasteiger partial charge is 0.127 e. The minimum atomic E-state index is -0.187. The summed E-state index contributed by atoms with van der Waals surface area (Å²) in [4.78, 5) is 2.48. The van der Waals surface area contributed by atoms with E-state index in [9.17, 15) is 5.11 Å². The van der Waals surface area contributed by atoms with E-state index in [2.05, 4.69) is 37.1 Å². The summed E-state index contributed by atoms with van der Waals surface area (Å²) >= 11 is 0. The number of aliphatic hydroxyl groups excluding tert-OH is 1. The van der Waals surface area contributed by atoms with Gasteiger partial charge in [-0.05, 0) is 74.2 Å². The molecule has 5 heteroatoms. The van der Waals surface area contributed by atoms with Crippen LogP contribution in [0.3, 0.4) is 0 Å². The van der Waals surface area contributed by atoms with Gasteiger partial charge >= 0.3 is 0 Å². The molecule has 4 rings (SSSR count). The normalized spacial score (nSPS) is 16.5. The van der Waals surface area contributed by atoms with Gasteiger partial charge in [-0.2, -0.15) is 5.10 Å². The third kappa shape index (κ3) is 5.35. The van der Waals surface area contributed by atoms with Gasteiger partial charge in [0.15, 0.2) is 0 Å². The SMILES string of the molecule is CC(C)[C@H](O)C1CCN(Cc2cn(C)nc2-c2ccc(Oc3ccccc3)cc2)CC1. The van der Waals surface area contributed by atoms with Crippen molar-refractivity contribution in [2.75, 3.05) is 13.1 Å². The summed E-state index contributed by atoms with van der Waals surface area (Å²) in [6, 6.07) is 18.0. The van der Waals surface area contributed by atoms with E-state index in [4.69, 9.17) is 9.84 Å².